The van der Waals surface area contributed by atoms with Gasteiger partial charge >= 0.3 is 0 Å². The van der Waals surface area contributed by atoms with Crippen LogP contribution in [0.25, 0.3) is 0 Å². The van der Waals surface area contributed by atoms with Gasteiger partial charge in [-0.05, 0) is 31.7 Å². The summed E-state index contributed by atoms with van der Waals surface area (Å²) in [4.78, 5) is 11.5. The summed E-state index contributed by atoms with van der Waals surface area (Å²) in [5.74, 6) is 0.0434. The van der Waals surface area contributed by atoms with Crippen molar-refractivity contribution in [2.75, 3.05) is 13.6 Å². The fourth-order valence-electron chi connectivity index (χ4n) is 1.41. The first-order valence-corrected chi connectivity index (χ1v) is 5.70. The number of hydrogen-bond donors (Lipinski definition) is 2. The number of amides is 1. The molecule has 1 aromatic carbocycles. The smallest absolute Gasteiger partial charge is 0.221 e. The van der Waals surface area contributed by atoms with Crippen LogP contribution in [-0.4, -0.2) is 19.5 Å². The first-order chi connectivity index (χ1) is 7.63. The van der Waals surface area contributed by atoms with E-state index in [9.17, 15) is 4.79 Å². The van der Waals surface area contributed by atoms with Gasteiger partial charge in [-0.25, -0.2) is 0 Å². The van der Waals surface area contributed by atoms with Gasteiger partial charge in [0.25, 0.3) is 0 Å². The summed E-state index contributed by atoms with van der Waals surface area (Å²) >= 11 is 5.89. The molecule has 0 spiro atoms. The molecule has 0 heterocycles. The van der Waals surface area contributed by atoms with Gasteiger partial charge in [-0.3, -0.25) is 4.79 Å². The third kappa shape index (κ3) is 5.91. The highest BCUT2D eigenvalue weighted by molar-refractivity contribution is 6.30. The van der Waals surface area contributed by atoms with E-state index in [2.05, 4.69) is 10.6 Å². The summed E-state index contributed by atoms with van der Waals surface area (Å²) in [6, 6.07) is 7.51. The van der Waals surface area contributed by atoms with Crippen LogP contribution in [0.1, 0.15) is 24.9 Å². The van der Waals surface area contributed by atoms with Crippen molar-refractivity contribution in [2.45, 2.75) is 19.4 Å². The second-order valence-electron chi connectivity index (χ2n) is 3.70. The topological polar surface area (TPSA) is 41.1 Å². The van der Waals surface area contributed by atoms with Crippen molar-refractivity contribution in [1.82, 2.24) is 10.6 Å². The Morgan fingerprint density at radius 2 is 2.18 bits per heavy atom. The van der Waals surface area contributed by atoms with Crippen LogP contribution in [0, 0.1) is 0 Å². The van der Waals surface area contributed by atoms with Gasteiger partial charge in [-0.2, -0.15) is 0 Å². The van der Waals surface area contributed by atoms with E-state index < -0.39 is 0 Å². The molecule has 0 aliphatic heterocycles. The zero-order chi connectivity index (χ0) is 12.0. The molecule has 1 atom stereocenters. The zero-order valence-corrected chi connectivity index (χ0v) is 11.6. The monoisotopic (exact) mass is 276 g/mol. The van der Waals surface area contributed by atoms with Crippen LogP contribution in [0.2, 0.25) is 5.02 Å². The average Bonchev–Trinajstić information content (AvgIpc) is 2.26. The van der Waals surface area contributed by atoms with E-state index in [0.717, 1.165) is 5.56 Å². The first-order valence-electron chi connectivity index (χ1n) is 5.33. The first kappa shape index (κ1) is 16.2. The SMILES string of the molecule is CNCCC(=O)N[C@H](C)c1cccc(Cl)c1.Cl. The molecule has 96 valence electrons. The lowest BCUT2D eigenvalue weighted by Gasteiger charge is -2.14. The highest BCUT2D eigenvalue weighted by Gasteiger charge is 2.08. The van der Waals surface area contributed by atoms with Crippen molar-refractivity contribution < 1.29 is 4.79 Å². The van der Waals surface area contributed by atoms with Crippen LogP contribution in [0.5, 0.6) is 0 Å². The lowest BCUT2D eigenvalue weighted by Crippen LogP contribution is -2.29. The molecule has 0 saturated heterocycles. The standard InChI is InChI=1S/C12H17ClN2O.ClH/c1-9(15-12(16)6-7-14-2)10-4-3-5-11(13)8-10;/h3-5,8-9,14H,6-7H2,1-2H3,(H,15,16);1H/t9-;/m1./s1. The molecule has 17 heavy (non-hydrogen) atoms. The summed E-state index contributed by atoms with van der Waals surface area (Å²) in [5.41, 5.74) is 1.02. The Kier molecular flexibility index (Phi) is 7.96. The maximum atomic E-state index is 11.5. The molecule has 0 bridgehead atoms. The van der Waals surface area contributed by atoms with Crippen molar-refractivity contribution in [3.63, 3.8) is 0 Å². The molecule has 0 saturated carbocycles. The average molecular weight is 277 g/mol. The molecular weight excluding hydrogens is 259 g/mol. The number of hydrogen-bond acceptors (Lipinski definition) is 2. The second-order valence-corrected chi connectivity index (χ2v) is 4.13. The van der Waals surface area contributed by atoms with Crippen LogP contribution in [0.4, 0.5) is 0 Å². The quantitative estimate of drug-likeness (QED) is 0.868. The number of rotatable bonds is 5. The lowest BCUT2D eigenvalue weighted by atomic mass is 10.1. The van der Waals surface area contributed by atoms with Crippen molar-refractivity contribution in [3.8, 4) is 0 Å². The Bertz CT molecular complexity index is 358. The van der Waals surface area contributed by atoms with Crippen LogP contribution in [0.3, 0.4) is 0 Å². The van der Waals surface area contributed by atoms with E-state index in [1.807, 2.05) is 38.2 Å². The van der Waals surface area contributed by atoms with E-state index in [1.165, 1.54) is 0 Å². The summed E-state index contributed by atoms with van der Waals surface area (Å²) in [6.07, 6.45) is 0.488. The van der Waals surface area contributed by atoms with Crippen LogP contribution >= 0.6 is 24.0 Å². The van der Waals surface area contributed by atoms with E-state index in [0.29, 0.717) is 18.0 Å². The Morgan fingerprint density at radius 1 is 1.47 bits per heavy atom. The van der Waals surface area contributed by atoms with Crippen LogP contribution < -0.4 is 10.6 Å². The molecule has 1 amide bonds. The number of nitrogens with one attached hydrogen (secondary N) is 2. The molecule has 0 unspecified atom stereocenters. The van der Waals surface area contributed by atoms with Crippen molar-refractivity contribution in [2.24, 2.45) is 0 Å². The number of halogens is 2. The van der Waals surface area contributed by atoms with Crippen LogP contribution in [-0.2, 0) is 4.79 Å². The fraction of sp³-hybridized carbons (Fsp3) is 0.417. The fourth-order valence-corrected chi connectivity index (χ4v) is 1.61. The van der Waals surface area contributed by atoms with Gasteiger partial charge in [0.15, 0.2) is 0 Å². The zero-order valence-electron chi connectivity index (χ0n) is 10.00. The molecule has 0 aromatic heterocycles. The Hall–Kier alpha value is -0.770. The van der Waals surface area contributed by atoms with Gasteiger partial charge in [0.05, 0.1) is 6.04 Å². The van der Waals surface area contributed by atoms with Gasteiger partial charge < -0.3 is 10.6 Å². The largest absolute Gasteiger partial charge is 0.350 e. The minimum Gasteiger partial charge on any atom is -0.350 e. The molecule has 0 fully saturated rings. The summed E-state index contributed by atoms with van der Waals surface area (Å²) in [5, 5.41) is 6.55. The Morgan fingerprint density at radius 3 is 2.76 bits per heavy atom. The molecular formula is C12H18Cl2N2O. The van der Waals surface area contributed by atoms with Crippen molar-refractivity contribution >= 4 is 29.9 Å². The molecule has 1 rings (SSSR count). The van der Waals surface area contributed by atoms with Crippen molar-refractivity contribution in [3.05, 3.63) is 34.9 Å². The summed E-state index contributed by atoms with van der Waals surface area (Å²) in [6.45, 7) is 2.64. The summed E-state index contributed by atoms with van der Waals surface area (Å²) < 4.78 is 0. The van der Waals surface area contributed by atoms with E-state index in [1.54, 1.807) is 0 Å². The maximum Gasteiger partial charge on any atom is 0.221 e. The molecule has 0 aliphatic carbocycles. The number of carbonyl (C=O) groups is 1. The van der Waals surface area contributed by atoms with E-state index in [4.69, 9.17) is 11.6 Å². The molecule has 2 N–H and O–H groups in total. The normalized spacial score (nSPS) is 11.5. The molecule has 5 heteroatoms. The highest BCUT2D eigenvalue weighted by atomic mass is 35.5. The van der Waals surface area contributed by atoms with E-state index >= 15 is 0 Å². The second kappa shape index (κ2) is 8.34. The van der Waals surface area contributed by atoms with Gasteiger partial charge in [0, 0.05) is 18.0 Å². The third-order valence-corrected chi connectivity index (χ3v) is 2.56. The number of benzene rings is 1. The van der Waals surface area contributed by atoms with Crippen molar-refractivity contribution in [1.29, 1.82) is 0 Å². The minimum absolute atomic E-state index is 0. The van der Waals surface area contributed by atoms with Gasteiger partial charge in [-0.15, -0.1) is 12.4 Å². The maximum absolute atomic E-state index is 11.5. The highest BCUT2D eigenvalue weighted by Crippen LogP contribution is 2.17. The molecule has 0 aliphatic rings. The van der Waals surface area contributed by atoms with E-state index in [-0.39, 0.29) is 24.4 Å². The van der Waals surface area contributed by atoms with Gasteiger partial charge in [0.1, 0.15) is 0 Å². The predicted molar refractivity (Wildman–Crippen MR) is 73.8 cm³/mol. The van der Waals surface area contributed by atoms with Crippen LogP contribution in [0.15, 0.2) is 24.3 Å². The lowest BCUT2D eigenvalue weighted by molar-refractivity contribution is -0.121. The predicted octanol–water partition coefficient (Wildman–Crippen LogP) is 2.55. The minimum atomic E-state index is -0.0111. The Balaban J connectivity index is 0.00000256. The Labute approximate surface area is 113 Å². The third-order valence-electron chi connectivity index (χ3n) is 2.33. The number of carbonyl (C=O) groups excluding carboxylic acids is 1. The molecule has 3 nitrogen and oxygen atoms in total. The van der Waals surface area contributed by atoms with Gasteiger partial charge in [0.2, 0.25) is 5.91 Å². The molecule has 0 radical (unpaired) electrons. The van der Waals surface area contributed by atoms with Gasteiger partial charge in [-0.1, -0.05) is 23.7 Å². The summed E-state index contributed by atoms with van der Waals surface area (Å²) in [7, 11) is 1.83. The molecule has 1 aromatic rings.